The number of amides is 1. The highest BCUT2D eigenvalue weighted by atomic mass is 19.1. The Balaban J connectivity index is 1.83. The zero-order valence-corrected chi connectivity index (χ0v) is 13.9. The summed E-state index contributed by atoms with van der Waals surface area (Å²) in [6.45, 7) is 5.13. The highest BCUT2D eigenvalue weighted by Gasteiger charge is 2.22. The molecule has 0 bridgehead atoms. The molecule has 2 heterocycles. The average molecular weight is 328 g/mol. The van der Waals surface area contributed by atoms with Crippen LogP contribution in [0.4, 0.5) is 4.39 Å². The molecule has 1 saturated heterocycles. The molecule has 0 radical (unpaired) electrons. The number of hydrogen-bond acceptors (Lipinski definition) is 3. The third-order valence-electron chi connectivity index (χ3n) is 4.35. The van der Waals surface area contributed by atoms with Gasteiger partial charge in [-0.3, -0.25) is 4.79 Å². The van der Waals surface area contributed by atoms with E-state index in [1.54, 1.807) is 33.9 Å². The molecule has 1 fully saturated rings. The maximum atomic E-state index is 13.1. The monoisotopic (exact) mass is 328 g/mol. The van der Waals surface area contributed by atoms with E-state index in [1.807, 2.05) is 13.8 Å². The first kappa shape index (κ1) is 16.4. The second kappa shape index (κ2) is 6.57. The van der Waals surface area contributed by atoms with Crippen LogP contribution >= 0.6 is 0 Å². The lowest BCUT2D eigenvalue weighted by molar-refractivity contribution is -0.124. The Morgan fingerprint density at radius 2 is 2.04 bits per heavy atom. The molecule has 1 amide bonds. The molecule has 5 nitrogen and oxygen atoms in total. The average Bonchev–Trinajstić information content (AvgIpc) is 3.10. The van der Waals surface area contributed by atoms with Crippen LogP contribution in [-0.4, -0.2) is 39.7 Å². The van der Waals surface area contributed by atoms with Gasteiger partial charge in [0.05, 0.1) is 11.4 Å². The van der Waals surface area contributed by atoms with E-state index in [-0.39, 0.29) is 17.8 Å². The van der Waals surface area contributed by atoms with Gasteiger partial charge >= 0.3 is 0 Å². The van der Waals surface area contributed by atoms with E-state index in [4.69, 9.17) is 5.73 Å². The summed E-state index contributed by atoms with van der Waals surface area (Å²) in [6.07, 6.45) is 4.22. The summed E-state index contributed by atoms with van der Waals surface area (Å²) in [5.41, 5.74) is 9.25. The lowest BCUT2D eigenvalue weighted by Crippen LogP contribution is -2.30. The molecule has 0 saturated carbocycles. The van der Waals surface area contributed by atoms with Gasteiger partial charge in [-0.05, 0) is 50.6 Å². The third kappa shape index (κ3) is 3.23. The summed E-state index contributed by atoms with van der Waals surface area (Å²) in [5.74, 6) is -0.314. The first-order chi connectivity index (χ1) is 11.5. The van der Waals surface area contributed by atoms with Crippen LogP contribution in [0.1, 0.15) is 23.4 Å². The van der Waals surface area contributed by atoms with Crippen molar-refractivity contribution in [1.29, 1.82) is 0 Å². The summed E-state index contributed by atoms with van der Waals surface area (Å²) in [7, 11) is 0. The molecular formula is C18H21FN4O. The van der Waals surface area contributed by atoms with Crippen molar-refractivity contribution < 1.29 is 9.18 Å². The summed E-state index contributed by atoms with van der Waals surface area (Å²) >= 11 is 0. The van der Waals surface area contributed by atoms with Gasteiger partial charge in [-0.1, -0.05) is 0 Å². The highest BCUT2D eigenvalue weighted by molar-refractivity contribution is 5.92. The minimum Gasteiger partial charge on any atom is -0.338 e. The van der Waals surface area contributed by atoms with Crippen molar-refractivity contribution in [2.24, 2.45) is 5.73 Å². The van der Waals surface area contributed by atoms with Crippen molar-refractivity contribution in [1.82, 2.24) is 14.7 Å². The van der Waals surface area contributed by atoms with Crippen LogP contribution in [0.3, 0.4) is 0 Å². The van der Waals surface area contributed by atoms with Gasteiger partial charge in [0.15, 0.2) is 0 Å². The number of likely N-dealkylation sites (tertiary alicyclic amines) is 1. The second-order valence-electron chi connectivity index (χ2n) is 6.14. The molecule has 2 N–H and O–H groups in total. The van der Waals surface area contributed by atoms with E-state index in [0.29, 0.717) is 13.1 Å². The van der Waals surface area contributed by atoms with Gasteiger partial charge < -0.3 is 10.6 Å². The molecule has 1 aromatic carbocycles. The molecule has 0 spiro atoms. The van der Waals surface area contributed by atoms with Gasteiger partial charge in [0, 0.05) is 36.5 Å². The van der Waals surface area contributed by atoms with E-state index in [9.17, 15) is 9.18 Å². The Kier molecular flexibility index (Phi) is 4.49. The fourth-order valence-corrected chi connectivity index (χ4v) is 2.98. The fraction of sp³-hybridized carbons (Fsp3) is 0.333. The van der Waals surface area contributed by atoms with E-state index >= 15 is 0 Å². The van der Waals surface area contributed by atoms with Crippen LogP contribution in [0.15, 0.2) is 30.3 Å². The van der Waals surface area contributed by atoms with Crippen molar-refractivity contribution in [3.8, 4) is 5.69 Å². The smallest absolute Gasteiger partial charge is 0.246 e. The van der Waals surface area contributed by atoms with Crippen LogP contribution in [0.25, 0.3) is 11.8 Å². The number of benzene rings is 1. The number of nitrogens with zero attached hydrogens (tertiary/aromatic N) is 3. The summed E-state index contributed by atoms with van der Waals surface area (Å²) in [4.78, 5) is 14.0. The number of aromatic nitrogens is 2. The fourth-order valence-electron chi connectivity index (χ4n) is 2.98. The van der Waals surface area contributed by atoms with Crippen LogP contribution in [0.5, 0.6) is 0 Å². The molecule has 1 atom stereocenters. The standard InChI is InChI=1S/C18H21FN4O/c1-12-17(7-8-18(24)22-10-9-15(20)11-22)13(2)23(21-12)16-5-3-14(19)4-6-16/h3-8,15H,9-11,20H2,1-2H3. The number of halogens is 1. The van der Waals surface area contributed by atoms with Gasteiger partial charge in [-0.15, -0.1) is 0 Å². The lowest BCUT2D eigenvalue weighted by Gasteiger charge is -2.12. The lowest BCUT2D eigenvalue weighted by atomic mass is 10.2. The summed E-state index contributed by atoms with van der Waals surface area (Å²) < 4.78 is 14.8. The van der Waals surface area contributed by atoms with Crippen molar-refractivity contribution >= 4 is 12.0 Å². The second-order valence-corrected chi connectivity index (χ2v) is 6.14. The predicted octanol–water partition coefficient (Wildman–Crippen LogP) is 2.20. The normalized spacial score (nSPS) is 17.8. The van der Waals surface area contributed by atoms with Gasteiger partial charge in [0.25, 0.3) is 0 Å². The molecule has 1 unspecified atom stereocenters. The Bertz CT molecular complexity index is 779. The van der Waals surface area contributed by atoms with Crippen molar-refractivity contribution in [3.63, 3.8) is 0 Å². The zero-order chi connectivity index (χ0) is 17.3. The van der Waals surface area contributed by atoms with Crippen LogP contribution in [0.2, 0.25) is 0 Å². The maximum absolute atomic E-state index is 13.1. The summed E-state index contributed by atoms with van der Waals surface area (Å²) in [5, 5.41) is 4.50. The van der Waals surface area contributed by atoms with Crippen molar-refractivity contribution in [2.75, 3.05) is 13.1 Å². The first-order valence-corrected chi connectivity index (χ1v) is 8.00. The number of nitrogens with two attached hydrogens (primary N) is 1. The van der Waals surface area contributed by atoms with Gasteiger partial charge in [-0.25, -0.2) is 9.07 Å². The molecule has 6 heteroatoms. The van der Waals surface area contributed by atoms with E-state index in [1.165, 1.54) is 12.1 Å². The number of hydrogen-bond donors (Lipinski definition) is 1. The largest absolute Gasteiger partial charge is 0.338 e. The third-order valence-corrected chi connectivity index (χ3v) is 4.35. The Hall–Kier alpha value is -2.47. The van der Waals surface area contributed by atoms with E-state index in [2.05, 4.69) is 5.10 Å². The van der Waals surface area contributed by atoms with Gasteiger partial charge in [0.1, 0.15) is 5.82 Å². The first-order valence-electron chi connectivity index (χ1n) is 8.00. The molecule has 1 aliphatic heterocycles. The number of rotatable bonds is 3. The predicted molar refractivity (Wildman–Crippen MR) is 91.2 cm³/mol. The number of carbonyl (C=O) groups is 1. The van der Waals surface area contributed by atoms with Crippen LogP contribution < -0.4 is 5.73 Å². The molecule has 2 aromatic rings. The molecule has 1 aromatic heterocycles. The topological polar surface area (TPSA) is 64.2 Å². The minimum absolute atomic E-state index is 0.0312. The van der Waals surface area contributed by atoms with Crippen LogP contribution in [-0.2, 0) is 4.79 Å². The Labute approximate surface area is 140 Å². The highest BCUT2D eigenvalue weighted by Crippen LogP contribution is 2.20. The van der Waals surface area contributed by atoms with Gasteiger partial charge in [-0.2, -0.15) is 5.10 Å². The molecule has 24 heavy (non-hydrogen) atoms. The molecule has 0 aliphatic carbocycles. The van der Waals surface area contributed by atoms with Crippen LogP contribution in [0, 0.1) is 19.7 Å². The molecule has 3 rings (SSSR count). The quantitative estimate of drug-likeness (QED) is 0.879. The Morgan fingerprint density at radius 1 is 1.33 bits per heavy atom. The SMILES string of the molecule is Cc1nn(-c2ccc(F)cc2)c(C)c1C=CC(=O)N1CCC(N)C1. The molecule has 1 aliphatic rings. The molecular weight excluding hydrogens is 307 g/mol. The number of aryl methyl sites for hydroxylation is 1. The Morgan fingerprint density at radius 3 is 2.67 bits per heavy atom. The summed E-state index contributed by atoms with van der Waals surface area (Å²) in [6, 6.07) is 6.24. The van der Waals surface area contributed by atoms with Crippen molar-refractivity contribution in [3.05, 3.63) is 53.1 Å². The number of carbonyl (C=O) groups excluding carboxylic acids is 1. The molecule has 126 valence electrons. The maximum Gasteiger partial charge on any atom is 0.246 e. The zero-order valence-electron chi connectivity index (χ0n) is 13.9. The van der Waals surface area contributed by atoms with E-state index in [0.717, 1.165) is 29.1 Å². The van der Waals surface area contributed by atoms with E-state index < -0.39 is 0 Å². The van der Waals surface area contributed by atoms with Crippen molar-refractivity contribution in [2.45, 2.75) is 26.3 Å². The minimum atomic E-state index is -0.283. The van der Waals surface area contributed by atoms with Gasteiger partial charge in [0.2, 0.25) is 5.91 Å².